The third-order valence-electron chi connectivity index (χ3n) is 4.87. The first-order valence-corrected chi connectivity index (χ1v) is 9.14. The Hall–Kier alpha value is -1.61. The van der Waals surface area contributed by atoms with E-state index in [9.17, 15) is 8.42 Å². The van der Waals surface area contributed by atoms with Crippen LogP contribution in [-0.2, 0) is 16.3 Å². The van der Waals surface area contributed by atoms with Gasteiger partial charge in [-0.2, -0.15) is 0 Å². The van der Waals surface area contributed by atoms with Crippen molar-refractivity contribution in [2.24, 2.45) is 0 Å². The normalized spacial score (nSPS) is 26.8. The minimum Gasteiger partial charge on any atom is -0.228 e. The fraction of sp³-hybridized carbons (Fsp3) is 0.333. The first kappa shape index (κ1) is 13.1. The lowest BCUT2D eigenvalue weighted by Gasteiger charge is -2.21. The van der Waals surface area contributed by atoms with Gasteiger partial charge in [0.15, 0.2) is 9.84 Å². The Balaban J connectivity index is 1.71. The average Bonchev–Trinajstić information content (AvgIpc) is 2.67. The van der Waals surface area contributed by atoms with Gasteiger partial charge in [0.25, 0.3) is 0 Å². The zero-order valence-electron chi connectivity index (χ0n) is 11.8. The van der Waals surface area contributed by atoms with E-state index in [1.807, 2.05) is 6.08 Å². The van der Waals surface area contributed by atoms with Crippen LogP contribution in [0, 0.1) is 0 Å². The Morgan fingerprint density at radius 1 is 1.00 bits per heavy atom. The zero-order valence-corrected chi connectivity index (χ0v) is 12.6. The first-order valence-electron chi connectivity index (χ1n) is 7.53. The van der Waals surface area contributed by atoms with Gasteiger partial charge in [-0.1, -0.05) is 54.1 Å². The summed E-state index contributed by atoms with van der Waals surface area (Å²) in [6.45, 7) is 0. The van der Waals surface area contributed by atoms with Gasteiger partial charge in [-0.25, -0.2) is 8.42 Å². The molecule has 2 aliphatic rings. The smallest absolute Gasteiger partial charge is 0.159 e. The third-order valence-corrected chi connectivity index (χ3v) is 7.42. The molecule has 2 atom stereocenters. The van der Waals surface area contributed by atoms with Gasteiger partial charge in [-0.3, -0.25) is 0 Å². The van der Waals surface area contributed by atoms with Crippen molar-refractivity contribution in [1.29, 1.82) is 0 Å². The minimum atomic E-state index is -2.87. The van der Waals surface area contributed by atoms with Crippen LogP contribution in [0.25, 0.3) is 10.8 Å². The maximum Gasteiger partial charge on any atom is 0.159 e. The summed E-state index contributed by atoms with van der Waals surface area (Å²) >= 11 is 0. The molecule has 0 aromatic heterocycles. The predicted molar refractivity (Wildman–Crippen MR) is 86.1 cm³/mol. The van der Waals surface area contributed by atoms with E-state index in [1.54, 1.807) is 0 Å². The van der Waals surface area contributed by atoms with E-state index in [0.717, 1.165) is 25.7 Å². The fourth-order valence-corrected chi connectivity index (χ4v) is 6.02. The summed E-state index contributed by atoms with van der Waals surface area (Å²) in [4.78, 5) is 0. The summed E-state index contributed by atoms with van der Waals surface area (Å²) in [7, 11) is -2.87. The Morgan fingerprint density at radius 3 is 2.67 bits per heavy atom. The van der Waals surface area contributed by atoms with Gasteiger partial charge in [0.2, 0.25) is 0 Å². The van der Waals surface area contributed by atoms with Gasteiger partial charge >= 0.3 is 0 Å². The molecule has 2 bridgehead atoms. The van der Waals surface area contributed by atoms with Crippen molar-refractivity contribution < 1.29 is 8.42 Å². The first-order chi connectivity index (χ1) is 10.1. The van der Waals surface area contributed by atoms with Crippen LogP contribution in [0.3, 0.4) is 0 Å². The molecule has 0 amide bonds. The molecule has 1 fully saturated rings. The summed E-state index contributed by atoms with van der Waals surface area (Å²) in [5.74, 6) is 0. The van der Waals surface area contributed by atoms with E-state index < -0.39 is 9.84 Å². The molecule has 0 N–H and O–H groups in total. The molecule has 2 heterocycles. The maximum atomic E-state index is 12.1. The topological polar surface area (TPSA) is 34.1 Å². The quantitative estimate of drug-likeness (QED) is 0.793. The second-order valence-electron chi connectivity index (χ2n) is 6.17. The number of rotatable bonds is 2. The molecule has 0 spiro atoms. The standard InChI is InChI=1S/C18H18O2S/c19-21(20)16-8-9-17(21)12-13(11-16)10-15-6-3-5-14-4-1-2-7-18(14)15/h1-7,11,16-17H,8-10,12H2. The molecule has 0 radical (unpaired) electrons. The monoisotopic (exact) mass is 298 g/mol. The SMILES string of the molecule is O=S1(=O)C2C=C(Cc3cccc4ccccc34)CC1CC2. The zero-order chi connectivity index (χ0) is 14.4. The molecule has 2 nitrogen and oxygen atoms in total. The van der Waals surface area contributed by atoms with Crippen molar-refractivity contribution in [2.75, 3.05) is 0 Å². The molecule has 2 aromatic rings. The molecule has 2 unspecified atom stereocenters. The highest BCUT2D eigenvalue weighted by Crippen LogP contribution is 2.38. The number of sulfone groups is 1. The van der Waals surface area contributed by atoms with Crippen molar-refractivity contribution in [1.82, 2.24) is 0 Å². The summed E-state index contributed by atoms with van der Waals surface area (Å²) in [5.41, 5.74) is 2.60. The van der Waals surface area contributed by atoms with Crippen molar-refractivity contribution in [3.8, 4) is 0 Å². The second kappa shape index (κ2) is 4.70. The van der Waals surface area contributed by atoms with E-state index in [0.29, 0.717) is 0 Å². The minimum absolute atomic E-state index is 0.127. The van der Waals surface area contributed by atoms with Gasteiger partial charge in [-0.15, -0.1) is 0 Å². The summed E-state index contributed by atoms with van der Waals surface area (Å²) in [6.07, 6.45) is 5.28. The molecule has 1 saturated heterocycles. The number of allylic oxidation sites excluding steroid dienone is 1. The molecular formula is C18H18O2S. The number of hydrogen-bond donors (Lipinski definition) is 0. The van der Waals surface area contributed by atoms with Gasteiger partial charge in [0.05, 0.1) is 10.5 Å². The number of hydrogen-bond acceptors (Lipinski definition) is 2. The van der Waals surface area contributed by atoms with Gasteiger partial charge in [0, 0.05) is 0 Å². The maximum absolute atomic E-state index is 12.1. The molecule has 2 aliphatic heterocycles. The molecule has 0 aliphatic carbocycles. The van der Waals surface area contributed by atoms with E-state index in [2.05, 4.69) is 42.5 Å². The number of fused-ring (bicyclic) bond motifs is 3. The van der Waals surface area contributed by atoms with E-state index >= 15 is 0 Å². The highest BCUT2D eigenvalue weighted by Gasteiger charge is 2.42. The van der Waals surface area contributed by atoms with Crippen LogP contribution < -0.4 is 0 Å². The van der Waals surface area contributed by atoms with Crippen LogP contribution in [0.2, 0.25) is 0 Å². The summed E-state index contributed by atoms with van der Waals surface area (Å²) in [6, 6.07) is 14.8. The van der Waals surface area contributed by atoms with Crippen LogP contribution >= 0.6 is 0 Å². The highest BCUT2D eigenvalue weighted by molar-refractivity contribution is 7.93. The van der Waals surface area contributed by atoms with E-state index in [-0.39, 0.29) is 10.5 Å². The van der Waals surface area contributed by atoms with Crippen molar-refractivity contribution in [3.63, 3.8) is 0 Å². The lowest BCUT2D eigenvalue weighted by molar-refractivity contribution is 0.581. The van der Waals surface area contributed by atoms with E-state index in [1.165, 1.54) is 21.9 Å². The lowest BCUT2D eigenvalue weighted by Crippen LogP contribution is -2.27. The van der Waals surface area contributed by atoms with Gasteiger partial charge in [0.1, 0.15) is 0 Å². The van der Waals surface area contributed by atoms with Crippen molar-refractivity contribution in [2.45, 2.75) is 36.2 Å². The summed E-state index contributed by atoms with van der Waals surface area (Å²) in [5, 5.41) is 2.18. The number of benzene rings is 2. The van der Waals surface area contributed by atoms with Crippen molar-refractivity contribution >= 4 is 20.6 Å². The Labute approximate surface area is 125 Å². The Bertz CT molecular complexity index is 828. The molecule has 4 rings (SSSR count). The Kier molecular flexibility index (Phi) is 2.93. The largest absolute Gasteiger partial charge is 0.228 e. The van der Waals surface area contributed by atoms with Gasteiger partial charge < -0.3 is 0 Å². The third kappa shape index (κ3) is 2.11. The molecule has 2 aromatic carbocycles. The molecule has 0 saturated carbocycles. The molecule has 21 heavy (non-hydrogen) atoms. The van der Waals surface area contributed by atoms with Crippen LogP contribution in [0.5, 0.6) is 0 Å². The molecule has 3 heteroatoms. The van der Waals surface area contributed by atoms with Crippen LogP contribution in [0.15, 0.2) is 54.1 Å². The van der Waals surface area contributed by atoms with Crippen molar-refractivity contribution in [3.05, 3.63) is 59.7 Å². The fourth-order valence-electron chi connectivity index (χ4n) is 3.77. The molecular weight excluding hydrogens is 280 g/mol. The van der Waals surface area contributed by atoms with Crippen LogP contribution in [-0.4, -0.2) is 18.9 Å². The van der Waals surface area contributed by atoms with Crippen LogP contribution in [0.1, 0.15) is 24.8 Å². The second-order valence-corrected chi connectivity index (χ2v) is 8.62. The van der Waals surface area contributed by atoms with Gasteiger partial charge in [-0.05, 0) is 42.0 Å². The average molecular weight is 298 g/mol. The highest BCUT2D eigenvalue weighted by atomic mass is 32.2. The molecule has 108 valence electrons. The predicted octanol–water partition coefficient (Wildman–Crippen LogP) is 3.66. The summed E-state index contributed by atoms with van der Waals surface area (Å²) < 4.78 is 24.3. The lowest BCUT2D eigenvalue weighted by atomic mass is 9.96. The Morgan fingerprint density at radius 2 is 1.81 bits per heavy atom. The van der Waals surface area contributed by atoms with E-state index in [4.69, 9.17) is 0 Å². The van der Waals surface area contributed by atoms with Crippen LogP contribution in [0.4, 0.5) is 0 Å².